The summed E-state index contributed by atoms with van der Waals surface area (Å²) in [7, 11) is 3.08. The average Bonchev–Trinajstić information content (AvgIpc) is 2.80. The fourth-order valence-electron chi connectivity index (χ4n) is 4.46. The normalized spacial score (nSPS) is 12.2. The summed E-state index contributed by atoms with van der Waals surface area (Å²) >= 11 is 0. The third-order valence-electron chi connectivity index (χ3n) is 6.34. The second-order valence-corrected chi connectivity index (χ2v) is 10.8. The Morgan fingerprint density at radius 2 is 1.50 bits per heavy atom. The molecule has 1 aromatic heterocycles. The summed E-state index contributed by atoms with van der Waals surface area (Å²) in [6.45, 7) is 13.2. The van der Waals surface area contributed by atoms with Crippen LogP contribution in [0.15, 0.2) is 54.6 Å². The van der Waals surface area contributed by atoms with Gasteiger partial charge in [-0.15, -0.1) is 0 Å². The molecule has 0 aliphatic carbocycles. The number of methoxy groups -OCH3 is 2. The van der Waals surface area contributed by atoms with E-state index in [1.165, 1.54) is 12.7 Å². The molecule has 4 rings (SSSR count). The smallest absolute Gasteiger partial charge is 0.356 e. The van der Waals surface area contributed by atoms with Gasteiger partial charge >= 0.3 is 5.97 Å². The SMILES string of the molecule is COC(=O)c1cc2ccccc2c(-c2c(OC)c(C(C)(C)C)cc3cc(C(C)(C)C)ccc23)n1. The molecule has 0 bridgehead atoms. The maximum absolute atomic E-state index is 12.5. The van der Waals surface area contributed by atoms with Gasteiger partial charge in [-0.2, -0.15) is 0 Å². The van der Waals surface area contributed by atoms with Crippen molar-refractivity contribution in [3.05, 3.63) is 71.4 Å². The number of ether oxygens (including phenoxy) is 2. The second kappa shape index (κ2) is 8.43. The number of pyridine rings is 1. The van der Waals surface area contributed by atoms with E-state index in [2.05, 4.69) is 65.8 Å². The van der Waals surface area contributed by atoms with Crippen molar-refractivity contribution < 1.29 is 14.3 Å². The van der Waals surface area contributed by atoms with Gasteiger partial charge in [0.15, 0.2) is 0 Å². The average molecular weight is 456 g/mol. The Labute approximate surface area is 201 Å². The number of fused-ring (bicyclic) bond motifs is 2. The van der Waals surface area contributed by atoms with Crippen molar-refractivity contribution in [2.24, 2.45) is 0 Å². The van der Waals surface area contributed by atoms with E-state index in [0.29, 0.717) is 0 Å². The van der Waals surface area contributed by atoms with Crippen LogP contribution in [-0.4, -0.2) is 25.2 Å². The molecule has 0 saturated carbocycles. The zero-order valence-corrected chi connectivity index (χ0v) is 21.4. The molecule has 0 fully saturated rings. The van der Waals surface area contributed by atoms with Crippen LogP contribution in [0, 0.1) is 0 Å². The summed E-state index contributed by atoms with van der Waals surface area (Å²) in [6.07, 6.45) is 0. The number of carbonyl (C=O) groups excluding carboxylic acids is 1. The number of hydrogen-bond acceptors (Lipinski definition) is 4. The van der Waals surface area contributed by atoms with Crippen molar-refractivity contribution in [1.82, 2.24) is 4.98 Å². The molecular formula is C30H33NO3. The lowest BCUT2D eigenvalue weighted by molar-refractivity contribution is 0.0594. The molecular weight excluding hydrogens is 422 g/mol. The molecule has 4 aromatic rings. The monoisotopic (exact) mass is 455 g/mol. The minimum Gasteiger partial charge on any atom is -0.496 e. The van der Waals surface area contributed by atoms with E-state index in [0.717, 1.165) is 44.1 Å². The van der Waals surface area contributed by atoms with Gasteiger partial charge in [-0.25, -0.2) is 9.78 Å². The van der Waals surface area contributed by atoms with Gasteiger partial charge in [-0.3, -0.25) is 0 Å². The van der Waals surface area contributed by atoms with E-state index < -0.39 is 5.97 Å². The number of carbonyl (C=O) groups is 1. The molecule has 0 N–H and O–H groups in total. The highest BCUT2D eigenvalue weighted by atomic mass is 16.5. The van der Waals surface area contributed by atoms with Crippen molar-refractivity contribution in [2.45, 2.75) is 52.4 Å². The van der Waals surface area contributed by atoms with E-state index in [9.17, 15) is 4.79 Å². The minimum atomic E-state index is -0.461. The molecule has 4 nitrogen and oxygen atoms in total. The lowest BCUT2D eigenvalue weighted by Gasteiger charge is -2.27. The predicted molar refractivity (Wildman–Crippen MR) is 140 cm³/mol. The highest BCUT2D eigenvalue weighted by Crippen LogP contribution is 2.46. The van der Waals surface area contributed by atoms with Gasteiger partial charge in [0.2, 0.25) is 0 Å². The summed E-state index contributed by atoms with van der Waals surface area (Å²) in [5, 5.41) is 4.05. The summed E-state index contributed by atoms with van der Waals surface area (Å²) in [5.74, 6) is 0.320. The lowest BCUT2D eigenvalue weighted by atomic mass is 9.80. The van der Waals surface area contributed by atoms with Crippen LogP contribution in [-0.2, 0) is 15.6 Å². The zero-order chi connectivity index (χ0) is 24.8. The van der Waals surface area contributed by atoms with Crippen molar-refractivity contribution in [3.8, 4) is 17.0 Å². The third kappa shape index (κ3) is 4.13. The number of aromatic nitrogens is 1. The molecule has 0 amide bonds. The number of nitrogens with zero attached hydrogens (tertiary/aromatic N) is 1. The fraction of sp³-hybridized carbons (Fsp3) is 0.333. The zero-order valence-electron chi connectivity index (χ0n) is 21.4. The molecule has 34 heavy (non-hydrogen) atoms. The topological polar surface area (TPSA) is 48.4 Å². The van der Waals surface area contributed by atoms with Crippen LogP contribution < -0.4 is 4.74 Å². The van der Waals surface area contributed by atoms with E-state index in [1.807, 2.05) is 24.3 Å². The summed E-state index contributed by atoms with van der Waals surface area (Å²) in [5.41, 5.74) is 4.10. The lowest BCUT2D eigenvalue weighted by Crippen LogP contribution is -2.15. The predicted octanol–water partition coefficient (Wildman–Crippen LogP) is 7.45. The fourth-order valence-corrected chi connectivity index (χ4v) is 4.46. The van der Waals surface area contributed by atoms with Crippen molar-refractivity contribution in [2.75, 3.05) is 14.2 Å². The van der Waals surface area contributed by atoms with Crippen molar-refractivity contribution >= 4 is 27.5 Å². The molecule has 0 aliphatic rings. The Balaban J connectivity index is 2.21. The molecule has 0 radical (unpaired) electrons. The first-order chi connectivity index (χ1) is 16.0. The Kier molecular flexibility index (Phi) is 5.89. The molecule has 0 unspecified atom stereocenters. The van der Waals surface area contributed by atoms with Gasteiger partial charge in [-0.05, 0) is 44.7 Å². The Morgan fingerprint density at radius 1 is 0.794 bits per heavy atom. The van der Waals surface area contributed by atoms with Crippen molar-refractivity contribution in [1.29, 1.82) is 0 Å². The third-order valence-corrected chi connectivity index (χ3v) is 6.34. The summed E-state index contributed by atoms with van der Waals surface area (Å²) < 4.78 is 11.1. The van der Waals surface area contributed by atoms with Crippen LogP contribution in [0.4, 0.5) is 0 Å². The Bertz CT molecular complexity index is 1410. The number of rotatable bonds is 3. The summed E-state index contributed by atoms with van der Waals surface area (Å²) in [4.78, 5) is 17.4. The first-order valence-corrected chi connectivity index (χ1v) is 11.6. The standard InChI is InChI=1S/C30H33NO3/c1-29(2,3)20-13-14-21-19(15-20)16-23(30(4,5)6)27(33-7)25(21)26-22-12-10-9-11-18(22)17-24(31-26)28(32)34-8/h9-17H,1-8H3. The van der Waals surface area contributed by atoms with Gasteiger partial charge in [0, 0.05) is 10.9 Å². The van der Waals surface area contributed by atoms with Crippen LogP contribution in [0.5, 0.6) is 5.75 Å². The summed E-state index contributed by atoms with van der Waals surface area (Å²) in [6, 6.07) is 18.6. The Morgan fingerprint density at radius 3 is 2.12 bits per heavy atom. The van der Waals surface area contributed by atoms with Gasteiger partial charge in [0.1, 0.15) is 11.4 Å². The second-order valence-electron chi connectivity index (χ2n) is 10.8. The van der Waals surface area contributed by atoms with Crippen LogP contribution in [0.2, 0.25) is 0 Å². The van der Waals surface area contributed by atoms with Crippen LogP contribution in [0.3, 0.4) is 0 Å². The van der Waals surface area contributed by atoms with E-state index in [4.69, 9.17) is 14.5 Å². The molecule has 176 valence electrons. The molecule has 1 heterocycles. The molecule has 0 spiro atoms. The van der Waals surface area contributed by atoms with Gasteiger partial charge in [0.05, 0.1) is 25.5 Å². The first-order valence-electron chi connectivity index (χ1n) is 11.6. The first kappa shape index (κ1) is 23.7. The van der Waals surface area contributed by atoms with Crippen LogP contribution in [0.25, 0.3) is 32.8 Å². The molecule has 0 aliphatic heterocycles. The van der Waals surface area contributed by atoms with E-state index in [1.54, 1.807) is 13.2 Å². The molecule has 0 saturated heterocycles. The quantitative estimate of drug-likeness (QED) is 0.301. The number of benzene rings is 3. The molecule has 3 aromatic carbocycles. The van der Waals surface area contributed by atoms with E-state index in [-0.39, 0.29) is 16.5 Å². The molecule has 0 atom stereocenters. The van der Waals surface area contributed by atoms with Crippen LogP contribution >= 0.6 is 0 Å². The van der Waals surface area contributed by atoms with Crippen molar-refractivity contribution in [3.63, 3.8) is 0 Å². The van der Waals surface area contributed by atoms with Gasteiger partial charge < -0.3 is 9.47 Å². The molecule has 4 heteroatoms. The number of hydrogen-bond donors (Lipinski definition) is 0. The van der Waals surface area contributed by atoms with Gasteiger partial charge in [0.25, 0.3) is 0 Å². The highest BCUT2D eigenvalue weighted by Gasteiger charge is 2.27. The number of esters is 1. The largest absolute Gasteiger partial charge is 0.496 e. The maximum atomic E-state index is 12.5. The van der Waals surface area contributed by atoms with Gasteiger partial charge in [-0.1, -0.05) is 84.0 Å². The Hall–Kier alpha value is -3.40. The van der Waals surface area contributed by atoms with Crippen LogP contribution in [0.1, 0.15) is 63.2 Å². The minimum absolute atomic E-state index is 0.0198. The van der Waals surface area contributed by atoms with E-state index >= 15 is 0 Å². The highest BCUT2D eigenvalue weighted by molar-refractivity contribution is 6.08. The maximum Gasteiger partial charge on any atom is 0.356 e.